The number of hydrogen-bond donors (Lipinski definition) is 1. The Labute approximate surface area is 121 Å². The molecule has 20 heavy (non-hydrogen) atoms. The van der Waals surface area contributed by atoms with E-state index < -0.39 is 17.9 Å². The van der Waals surface area contributed by atoms with Gasteiger partial charge < -0.3 is 14.6 Å². The summed E-state index contributed by atoms with van der Waals surface area (Å²) in [6.07, 6.45) is 2.81. The van der Waals surface area contributed by atoms with E-state index in [9.17, 15) is 9.59 Å². The van der Waals surface area contributed by atoms with Crippen molar-refractivity contribution in [2.45, 2.75) is 64.6 Å². The number of hydrogen-bond acceptors (Lipinski definition) is 5. The van der Waals surface area contributed by atoms with E-state index in [0.717, 1.165) is 0 Å². The van der Waals surface area contributed by atoms with Crippen molar-refractivity contribution in [3.8, 4) is 0 Å². The van der Waals surface area contributed by atoms with Crippen LogP contribution in [0.25, 0.3) is 0 Å². The fourth-order valence-electron chi connectivity index (χ4n) is 1.52. The highest BCUT2D eigenvalue weighted by Gasteiger charge is 2.20. The van der Waals surface area contributed by atoms with Gasteiger partial charge in [0.2, 0.25) is 0 Å². The first-order chi connectivity index (χ1) is 9.28. The average molecular weight is 286 g/mol. The minimum atomic E-state index is -0.728. The van der Waals surface area contributed by atoms with Crippen LogP contribution in [0.5, 0.6) is 0 Å². The Balaban J connectivity index is 3.96. The second kappa shape index (κ2) is 9.53. The van der Waals surface area contributed by atoms with Crippen LogP contribution in [-0.2, 0) is 14.3 Å². The van der Waals surface area contributed by atoms with E-state index in [1.54, 1.807) is 20.8 Å². The maximum Gasteiger partial charge on any atom is 0.509 e. The Bertz CT molecular complexity index is 317. The van der Waals surface area contributed by atoms with Crippen molar-refractivity contribution in [2.75, 3.05) is 6.61 Å². The van der Waals surface area contributed by atoms with Gasteiger partial charge in [0.25, 0.3) is 0 Å². The molecule has 0 saturated heterocycles. The first-order valence-corrected chi connectivity index (χ1v) is 6.93. The molecule has 1 unspecified atom stereocenters. The van der Waals surface area contributed by atoms with Crippen molar-refractivity contribution >= 4 is 11.9 Å². The van der Waals surface area contributed by atoms with E-state index >= 15 is 0 Å². The molecule has 0 aromatic rings. The van der Waals surface area contributed by atoms with E-state index in [2.05, 4.69) is 6.58 Å². The molecule has 0 aliphatic carbocycles. The van der Waals surface area contributed by atoms with Crippen LogP contribution in [0, 0.1) is 0 Å². The molecule has 0 radical (unpaired) electrons. The van der Waals surface area contributed by atoms with Gasteiger partial charge in [-0.25, -0.2) is 4.79 Å². The minimum Gasteiger partial charge on any atom is -0.429 e. The lowest BCUT2D eigenvalue weighted by atomic mass is 10.1. The summed E-state index contributed by atoms with van der Waals surface area (Å²) in [5.74, 6) is 0.110. The lowest BCUT2D eigenvalue weighted by Crippen LogP contribution is -2.27. The zero-order valence-electron chi connectivity index (χ0n) is 12.7. The minimum absolute atomic E-state index is 0.0305. The second-order valence-corrected chi connectivity index (χ2v) is 5.61. The average Bonchev–Trinajstić information content (AvgIpc) is 2.32. The van der Waals surface area contributed by atoms with Crippen molar-refractivity contribution in [3.63, 3.8) is 0 Å². The summed E-state index contributed by atoms with van der Waals surface area (Å²) in [5, 5.41) is 8.62. The SMILES string of the molecule is C=CC(CCCC(=O)CCCO)OC(=O)OC(C)(C)C. The number of ether oxygens (including phenoxy) is 2. The van der Waals surface area contributed by atoms with Crippen molar-refractivity contribution < 1.29 is 24.2 Å². The van der Waals surface area contributed by atoms with Gasteiger partial charge in [0.1, 0.15) is 17.5 Å². The largest absolute Gasteiger partial charge is 0.509 e. The van der Waals surface area contributed by atoms with Crippen molar-refractivity contribution in [2.24, 2.45) is 0 Å². The quantitative estimate of drug-likeness (QED) is 0.521. The van der Waals surface area contributed by atoms with Crippen molar-refractivity contribution in [1.29, 1.82) is 0 Å². The molecule has 5 heteroatoms. The van der Waals surface area contributed by atoms with Crippen LogP contribution < -0.4 is 0 Å². The van der Waals surface area contributed by atoms with Crippen LogP contribution in [-0.4, -0.2) is 35.4 Å². The number of aliphatic hydroxyl groups excluding tert-OH is 1. The van der Waals surface area contributed by atoms with Crippen LogP contribution in [0.2, 0.25) is 0 Å². The van der Waals surface area contributed by atoms with E-state index in [0.29, 0.717) is 32.1 Å². The molecule has 0 spiro atoms. The Morgan fingerprint density at radius 1 is 1.25 bits per heavy atom. The van der Waals surface area contributed by atoms with Gasteiger partial charge in [-0.15, -0.1) is 0 Å². The maximum atomic E-state index is 11.5. The summed E-state index contributed by atoms with van der Waals surface area (Å²) in [5.41, 5.74) is -0.594. The normalized spacial score (nSPS) is 12.6. The summed E-state index contributed by atoms with van der Waals surface area (Å²) in [6.45, 7) is 8.92. The Hall–Kier alpha value is -1.36. The molecule has 0 bridgehead atoms. The predicted octanol–water partition coefficient (Wildman–Crippen LogP) is 3.00. The van der Waals surface area contributed by atoms with Crippen molar-refractivity contribution in [1.82, 2.24) is 0 Å². The lowest BCUT2D eigenvalue weighted by Gasteiger charge is -2.21. The summed E-state index contributed by atoms with van der Waals surface area (Å²) in [7, 11) is 0. The third-order valence-electron chi connectivity index (χ3n) is 2.46. The highest BCUT2D eigenvalue weighted by atomic mass is 16.7. The summed E-state index contributed by atoms with van der Waals surface area (Å²) in [4.78, 5) is 22.9. The third-order valence-corrected chi connectivity index (χ3v) is 2.46. The van der Waals surface area contributed by atoms with E-state index in [1.807, 2.05) is 0 Å². The van der Waals surface area contributed by atoms with Crippen LogP contribution in [0.3, 0.4) is 0 Å². The molecule has 0 fully saturated rings. The highest BCUT2D eigenvalue weighted by Crippen LogP contribution is 2.13. The topological polar surface area (TPSA) is 72.8 Å². The van der Waals surface area contributed by atoms with E-state index in [4.69, 9.17) is 14.6 Å². The number of aliphatic hydroxyl groups is 1. The van der Waals surface area contributed by atoms with Gasteiger partial charge >= 0.3 is 6.16 Å². The standard InChI is InChI=1S/C15H26O5/c1-5-13(19-14(18)20-15(2,3)4)10-6-8-12(17)9-7-11-16/h5,13,16H,1,6-11H2,2-4H3. The molecule has 116 valence electrons. The van der Waals surface area contributed by atoms with Gasteiger partial charge in [0.05, 0.1) is 0 Å². The Kier molecular flexibility index (Phi) is 8.88. The third kappa shape index (κ3) is 10.6. The van der Waals surface area contributed by atoms with Crippen molar-refractivity contribution in [3.05, 3.63) is 12.7 Å². The molecule has 0 rings (SSSR count). The zero-order chi connectivity index (χ0) is 15.6. The fraction of sp³-hybridized carbons (Fsp3) is 0.733. The lowest BCUT2D eigenvalue weighted by molar-refractivity contribution is -0.119. The molecular weight excluding hydrogens is 260 g/mol. The molecule has 0 saturated carbocycles. The monoisotopic (exact) mass is 286 g/mol. The number of ketones is 1. The summed E-state index contributed by atoms with van der Waals surface area (Å²) in [6, 6.07) is 0. The van der Waals surface area contributed by atoms with Crippen LogP contribution in [0.15, 0.2) is 12.7 Å². The Morgan fingerprint density at radius 3 is 2.35 bits per heavy atom. The number of carbonyl (C=O) groups is 2. The zero-order valence-corrected chi connectivity index (χ0v) is 12.7. The highest BCUT2D eigenvalue weighted by molar-refractivity contribution is 5.78. The first-order valence-electron chi connectivity index (χ1n) is 6.93. The predicted molar refractivity (Wildman–Crippen MR) is 76.5 cm³/mol. The van der Waals surface area contributed by atoms with E-state index in [-0.39, 0.29) is 12.4 Å². The van der Waals surface area contributed by atoms with E-state index in [1.165, 1.54) is 6.08 Å². The molecule has 0 aliphatic rings. The smallest absolute Gasteiger partial charge is 0.429 e. The van der Waals surface area contributed by atoms with Gasteiger partial charge in [0, 0.05) is 19.4 Å². The van der Waals surface area contributed by atoms with Gasteiger partial charge in [-0.2, -0.15) is 0 Å². The number of Topliss-reactive ketones (excluding diaryl/α,β-unsaturated/α-hetero) is 1. The Morgan fingerprint density at radius 2 is 1.85 bits per heavy atom. The second-order valence-electron chi connectivity index (χ2n) is 5.61. The maximum absolute atomic E-state index is 11.5. The number of rotatable bonds is 9. The van der Waals surface area contributed by atoms with Gasteiger partial charge in [0.15, 0.2) is 0 Å². The van der Waals surface area contributed by atoms with Crippen LogP contribution >= 0.6 is 0 Å². The number of carbonyl (C=O) groups excluding carboxylic acids is 2. The molecule has 0 amide bonds. The molecule has 1 atom stereocenters. The molecule has 0 aliphatic heterocycles. The molecule has 1 N–H and O–H groups in total. The van der Waals surface area contributed by atoms with Gasteiger partial charge in [-0.05, 0) is 40.0 Å². The summed E-state index contributed by atoms with van der Waals surface area (Å²) >= 11 is 0. The molecule has 0 aromatic carbocycles. The fourth-order valence-corrected chi connectivity index (χ4v) is 1.52. The van der Waals surface area contributed by atoms with Crippen LogP contribution in [0.4, 0.5) is 4.79 Å². The summed E-state index contributed by atoms with van der Waals surface area (Å²) < 4.78 is 10.2. The van der Waals surface area contributed by atoms with Crippen LogP contribution in [0.1, 0.15) is 52.9 Å². The molecule has 0 aromatic heterocycles. The molecular formula is C15H26O5. The molecule has 5 nitrogen and oxygen atoms in total. The first kappa shape index (κ1) is 18.6. The van der Waals surface area contributed by atoms with Gasteiger partial charge in [-0.3, -0.25) is 4.79 Å². The molecule has 0 heterocycles. The van der Waals surface area contributed by atoms with Gasteiger partial charge in [-0.1, -0.05) is 12.7 Å².